The zero-order chi connectivity index (χ0) is 25.2. The zero-order valence-corrected chi connectivity index (χ0v) is 21.6. The van der Waals surface area contributed by atoms with Crippen molar-refractivity contribution in [1.29, 1.82) is 0 Å². The SMILES string of the molecule is NCCCNCCCCNCCCNc1cc2nc(-c3ccc(Cl)c(Cl)c3Cl)[nH]c(=O)c2cc1F. The van der Waals surface area contributed by atoms with Crippen LogP contribution in [0.3, 0.4) is 0 Å². The molecular formula is C24H30Cl3FN6O. The van der Waals surface area contributed by atoms with E-state index in [4.69, 9.17) is 40.5 Å². The second kappa shape index (κ2) is 14.0. The Morgan fingerprint density at radius 2 is 1.60 bits per heavy atom. The molecule has 0 radical (unpaired) electrons. The minimum Gasteiger partial charge on any atom is -0.383 e. The van der Waals surface area contributed by atoms with Gasteiger partial charge in [0.1, 0.15) is 11.6 Å². The number of H-pyrrole nitrogens is 1. The van der Waals surface area contributed by atoms with Crippen molar-refractivity contribution in [3.63, 3.8) is 0 Å². The molecule has 6 N–H and O–H groups in total. The van der Waals surface area contributed by atoms with Crippen LogP contribution < -0.4 is 27.2 Å². The maximum atomic E-state index is 14.6. The van der Waals surface area contributed by atoms with Crippen LogP contribution in [0.25, 0.3) is 22.3 Å². The summed E-state index contributed by atoms with van der Waals surface area (Å²) in [5, 5.41) is 10.6. The van der Waals surface area contributed by atoms with E-state index in [0.29, 0.717) is 22.6 Å². The van der Waals surface area contributed by atoms with Gasteiger partial charge in [-0.1, -0.05) is 34.8 Å². The average Bonchev–Trinajstić information content (AvgIpc) is 2.84. The number of anilines is 1. The lowest BCUT2D eigenvalue weighted by atomic mass is 10.1. The van der Waals surface area contributed by atoms with Crippen LogP contribution in [0, 0.1) is 5.82 Å². The highest BCUT2D eigenvalue weighted by Crippen LogP contribution is 2.36. The van der Waals surface area contributed by atoms with Gasteiger partial charge in [-0.25, -0.2) is 9.37 Å². The van der Waals surface area contributed by atoms with Crippen LogP contribution in [-0.4, -0.2) is 49.2 Å². The molecule has 7 nitrogen and oxygen atoms in total. The second-order valence-electron chi connectivity index (χ2n) is 8.12. The molecule has 190 valence electrons. The summed E-state index contributed by atoms with van der Waals surface area (Å²) in [6, 6.07) is 5.90. The van der Waals surface area contributed by atoms with Crippen molar-refractivity contribution in [2.45, 2.75) is 25.7 Å². The van der Waals surface area contributed by atoms with Crippen LogP contribution in [0.5, 0.6) is 0 Å². The predicted octanol–water partition coefficient (Wildman–Crippen LogP) is 4.80. The number of aromatic amines is 1. The highest BCUT2D eigenvalue weighted by molar-refractivity contribution is 6.49. The van der Waals surface area contributed by atoms with Gasteiger partial charge in [-0.2, -0.15) is 0 Å². The van der Waals surface area contributed by atoms with Crippen molar-refractivity contribution in [2.75, 3.05) is 44.6 Å². The van der Waals surface area contributed by atoms with Crippen LogP contribution in [0.1, 0.15) is 25.7 Å². The summed E-state index contributed by atoms with van der Waals surface area (Å²) in [5.41, 5.74) is 6.04. The van der Waals surface area contributed by atoms with Crippen molar-refractivity contribution in [3.8, 4) is 11.4 Å². The number of hydrogen-bond donors (Lipinski definition) is 5. The van der Waals surface area contributed by atoms with Crippen molar-refractivity contribution in [3.05, 3.63) is 55.5 Å². The first-order chi connectivity index (χ1) is 16.9. The summed E-state index contributed by atoms with van der Waals surface area (Å²) >= 11 is 18.4. The molecule has 3 rings (SSSR count). The van der Waals surface area contributed by atoms with E-state index < -0.39 is 11.4 Å². The van der Waals surface area contributed by atoms with E-state index in [0.717, 1.165) is 58.4 Å². The molecule has 0 bridgehead atoms. The van der Waals surface area contributed by atoms with Gasteiger partial charge in [-0.05, 0) is 82.7 Å². The lowest BCUT2D eigenvalue weighted by Crippen LogP contribution is -2.22. The van der Waals surface area contributed by atoms with E-state index in [1.807, 2.05) is 0 Å². The number of fused-ring (bicyclic) bond motifs is 1. The summed E-state index contributed by atoms with van der Waals surface area (Å²) in [5.74, 6) is -0.289. The van der Waals surface area contributed by atoms with Crippen LogP contribution in [-0.2, 0) is 0 Å². The Kier molecular flexibility index (Phi) is 11.0. The predicted molar refractivity (Wildman–Crippen MR) is 145 cm³/mol. The van der Waals surface area contributed by atoms with Crippen LogP contribution in [0.2, 0.25) is 15.1 Å². The standard InChI is InChI=1S/C24H30Cl3FN6O/c25-17-6-5-15(21(26)22(17)27)23-33-19-14-20(18(28)13-16(19)24(35)34-23)32-12-4-11-31-9-2-1-8-30-10-3-7-29/h5-6,13-14,30-32H,1-4,7-12,29H2,(H,33,34,35). The van der Waals surface area contributed by atoms with Crippen molar-refractivity contribution in [2.24, 2.45) is 5.73 Å². The highest BCUT2D eigenvalue weighted by Gasteiger charge is 2.15. The topological polar surface area (TPSA) is 108 Å². The summed E-state index contributed by atoms with van der Waals surface area (Å²) in [6.45, 7) is 5.02. The Morgan fingerprint density at radius 1 is 0.914 bits per heavy atom. The van der Waals surface area contributed by atoms with Gasteiger partial charge in [-0.3, -0.25) is 4.79 Å². The van der Waals surface area contributed by atoms with E-state index in [-0.39, 0.29) is 26.9 Å². The highest BCUT2D eigenvalue weighted by atomic mass is 35.5. The first kappa shape index (κ1) is 27.6. The van der Waals surface area contributed by atoms with Gasteiger partial charge in [0.25, 0.3) is 5.56 Å². The maximum Gasteiger partial charge on any atom is 0.259 e. The van der Waals surface area contributed by atoms with E-state index in [9.17, 15) is 9.18 Å². The van der Waals surface area contributed by atoms with Gasteiger partial charge in [-0.15, -0.1) is 0 Å². The van der Waals surface area contributed by atoms with Crippen molar-refractivity contribution >= 4 is 51.4 Å². The molecule has 0 fully saturated rings. The lowest BCUT2D eigenvalue weighted by molar-refractivity contribution is 0.571. The number of hydrogen-bond acceptors (Lipinski definition) is 6. The normalized spacial score (nSPS) is 11.3. The molecule has 0 spiro atoms. The molecule has 0 saturated heterocycles. The smallest absolute Gasteiger partial charge is 0.259 e. The van der Waals surface area contributed by atoms with Crippen LogP contribution >= 0.6 is 34.8 Å². The molecule has 0 aliphatic rings. The Labute approximate surface area is 218 Å². The summed E-state index contributed by atoms with van der Waals surface area (Å²) in [6.07, 6.45) is 4.02. The van der Waals surface area contributed by atoms with Crippen molar-refractivity contribution in [1.82, 2.24) is 20.6 Å². The molecule has 0 amide bonds. The van der Waals surface area contributed by atoms with Gasteiger partial charge in [0, 0.05) is 12.1 Å². The second-order valence-corrected chi connectivity index (χ2v) is 9.28. The monoisotopic (exact) mass is 542 g/mol. The first-order valence-corrected chi connectivity index (χ1v) is 12.8. The summed E-state index contributed by atoms with van der Waals surface area (Å²) in [4.78, 5) is 19.7. The molecule has 0 saturated carbocycles. The third-order valence-corrected chi connectivity index (χ3v) is 6.74. The Hall–Kier alpha value is -1.94. The number of nitrogens with one attached hydrogen (secondary N) is 4. The van der Waals surface area contributed by atoms with Gasteiger partial charge in [0.15, 0.2) is 0 Å². The van der Waals surface area contributed by atoms with Crippen molar-refractivity contribution < 1.29 is 4.39 Å². The molecule has 0 aliphatic heterocycles. The number of nitrogens with zero attached hydrogens (tertiary/aromatic N) is 1. The Bertz CT molecular complexity index is 1190. The van der Waals surface area contributed by atoms with Crippen LogP contribution in [0.15, 0.2) is 29.1 Å². The molecule has 0 atom stereocenters. The largest absolute Gasteiger partial charge is 0.383 e. The number of benzene rings is 2. The minimum absolute atomic E-state index is 0.146. The molecule has 0 unspecified atom stereocenters. The summed E-state index contributed by atoms with van der Waals surface area (Å²) < 4.78 is 14.6. The molecule has 1 aromatic heterocycles. The van der Waals surface area contributed by atoms with Gasteiger partial charge < -0.3 is 26.7 Å². The van der Waals surface area contributed by atoms with Crippen LogP contribution in [0.4, 0.5) is 10.1 Å². The third kappa shape index (κ3) is 7.77. The van der Waals surface area contributed by atoms with Gasteiger partial charge >= 0.3 is 0 Å². The Morgan fingerprint density at radius 3 is 2.31 bits per heavy atom. The fraction of sp³-hybridized carbons (Fsp3) is 0.417. The first-order valence-electron chi connectivity index (χ1n) is 11.6. The minimum atomic E-state index is -0.514. The molecule has 11 heteroatoms. The lowest BCUT2D eigenvalue weighted by Gasteiger charge is -2.11. The molecular weight excluding hydrogens is 514 g/mol. The maximum absolute atomic E-state index is 14.6. The number of nitrogens with two attached hydrogens (primary N) is 1. The molecule has 1 heterocycles. The number of unbranched alkanes of at least 4 members (excludes halogenated alkanes) is 1. The number of halogens is 4. The molecule has 35 heavy (non-hydrogen) atoms. The van der Waals surface area contributed by atoms with Gasteiger partial charge in [0.05, 0.1) is 31.7 Å². The van der Waals surface area contributed by atoms with E-state index >= 15 is 0 Å². The fourth-order valence-corrected chi connectivity index (χ4v) is 4.17. The van der Waals surface area contributed by atoms with E-state index in [1.54, 1.807) is 12.1 Å². The zero-order valence-electron chi connectivity index (χ0n) is 19.3. The fourth-order valence-electron chi connectivity index (χ4n) is 3.54. The summed E-state index contributed by atoms with van der Waals surface area (Å²) in [7, 11) is 0. The Balaban J connectivity index is 1.55. The number of aromatic nitrogens is 2. The number of rotatable bonds is 14. The van der Waals surface area contributed by atoms with E-state index in [1.165, 1.54) is 12.1 Å². The van der Waals surface area contributed by atoms with E-state index in [2.05, 4.69) is 25.9 Å². The third-order valence-electron chi connectivity index (χ3n) is 5.45. The van der Waals surface area contributed by atoms with Gasteiger partial charge in [0.2, 0.25) is 0 Å². The quantitative estimate of drug-likeness (QED) is 0.148. The average molecular weight is 544 g/mol. The molecule has 2 aromatic carbocycles. The molecule has 0 aliphatic carbocycles. The molecule has 3 aromatic rings.